The van der Waals surface area contributed by atoms with Crippen LogP contribution in [-0.2, 0) is 11.3 Å². The van der Waals surface area contributed by atoms with Crippen LogP contribution in [0.2, 0.25) is 0 Å². The average Bonchev–Trinajstić information content (AvgIpc) is 2.59. The van der Waals surface area contributed by atoms with E-state index in [1.54, 1.807) is 18.2 Å². The molecule has 25 heavy (non-hydrogen) atoms. The SMILES string of the molecule is COc1cc(/C=C/C(=O)NCc2ccccc2F)ccc1OC(F)F. The van der Waals surface area contributed by atoms with Crippen molar-refractivity contribution in [3.8, 4) is 11.5 Å². The van der Waals surface area contributed by atoms with Crippen LogP contribution < -0.4 is 14.8 Å². The Morgan fingerprint density at radius 3 is 2.64 bits per heavy atom. The molecule has 0 aromatic heterocycles. The fourth-order valence-corrected chi connectivity index (χ4v) is 2.04. The van der Waals surface area contributed by atoms with Gasteiger partial charge in [-0.1, -0.05) is 24.3 Å². The van der Waals surface area contributed by atoms with Crippen LogP contribution in [0, 0.1) is 5.82 Å². The first-order chi connectivity index (χ1) is 12.0. The quantitative estimate of drug-likeness (QED) is 0.773. The van der Waals surface area contributed by atoms with Crippen molar-refractivity contribution in [3.05, 3.63) is 65.5 Å². The van der Waals surface area contributed by atoms with Crippen molar-refractivity contribution in [2.75, 3.05) is 7.11 Å². The standard InChI is InChI=1S/C18H16F3NO3/c1-24-16-10-12(6-8-15(16)25-18(20)21)7-9-17(23)22-11-13-4-2-3-5-14(13)19/h2-10,18H,11H2,1H3,(H,22,23)/b9-7+. The molecule has 2 aromatic carbocycles. The number of rotatable bonds is 7. The minimum absolute atomic E-state index is 0.0559. The van der Waals surface area contributed by atoms with Gasteiger partial charge in [0.25, 0.3) is 0 Å². The second-order valence-electron chi connectivity index (χ2n) is 4.93. The third kappa shape index (κ3) is 5.56. The molecule has 0 fully saturated rings. The molecule has 7 heteroatoms. The lowest BCUT2D eigenvalue weighted by molar-refractivity contribution is -0.116. The molecule has 1 amide bonds. The highest BCUT2D eigenvalue weighted by molar-refractivity contribution is 5.91. The Labute approximate surface area is 142 Å². The van der Waals surface area contributed by atoms with E-state index in [-0.39, 0.29) is 18.0 Å². The van der Waals surface area contributed by atoms with Crippen LogP contribution in [0.25, 0.3) is 6.08 Å². The summed E-state index contributed by atoms with van der Waals surface area (Å²) >= 11 is 0. The van der Waals surface area contributed by atoms with E-state index in [0.717, 1.165) is 0 Å². The number of amides is 1. The third-order valence-corrected chi connectivity index (χ3v) is 3.24. The molecule has 0 saturated heterocycles. The van der Waals surface area contributed by atoms with Crippen molar-refractivity contribution in [1.29, 1.82) is 0 Å². The summed E-state index contributed by atoms with van der Waals surface area (Å²) in [4.78, 5) is 11.8. The summed E-state index contributed by atoms with van der Waals surface area (Å²) in [6.07, 6.45) is 2.73. The van der Waals surface area contributed by atoms with Crippen LogP contribution in [-0.4, -0.2) is 19.6 Å². The molecule has 0 radical (unpaired) electrons. The van der Waals surface area contributed by atoms with Crippen molar-refractivity contribution >= 4 is 12.0 Å². The van der Waals surface area contributed by atoms with E-state index in [4.69, 9.17) is 4.74 Å². The van der Waals surface area contributed by atoms with Crippen LogP contribution in [0.5, 0.6) is 11.5 Å². The summed E-state index contributed by atoms with van der Waals surface area (Å²) in [5.74, 6) is -0.797. The molecule has 0 unspecified atom stereocenters. The highest BCUT2D eigenvalue weighted by atomic mass is 19.3. The highest BCUT2D eigenvalue weighted by Crippen LogP contribution is 2.29. The van der Waals surface area contributed by atoms with Gasteiger partial charge in [-0.2, -0.15) is 8.78 Å². The molecule has 0 saturated carbocycles. The van der Waals surface area contributed by atoms with Crippen LogP contribution in [0.15, 0.2) is 48.5 Å². The molecule has 4 nitrogen and oxygen atoms in total. The second-order valence-corrected chi connectivity index (χ2v) is 4.93. The molecule has 0 spiro atoms. The van der Waals surface area contributed by atoms with Gasteiger partial charge in [-0.05, 0) is 29.8 Å². The van der Waals surface area contributed by atoms with Crippen molar-refractivity contribution in [2.24, 2.45) is 0 Å². The largest absolute Gasteiger partial charge is 0.493 e. The maximum atomic E-state index is 13.5. The molecule has 0 aliphatic carbocycles. The Balaban J connectivity index is 1.98. The van der Waals surface area contributed by atoms with Crippen LogP contribution in [0.3, 0.4) is 0 Å². The molecule has 0 bridgehead atoms. The zero-order valence-corrected chi connectivity index (χ0v) is 13.3. The molecule has 2 rings (SSSR count). The third-order valence-electron chi connectivity index (χ3n) is 3.24. The van der Waals surface area contributed by atoms with Crippen LogP contribution >= 0.6 is 0 Å². The number of nitrogens with one attached hydrogen (secondary N) is 1. The number of ether oxygens (including phenoxy) is 2. The fourth-order valence-electron chi connectivity index (χ4n) is 2.04. The van der Waals surface area contributed by atoms with E-state index in [0.29, 0.717) is 11.1 Å². The van der Waals surface area contributed by atoms with E-state index in [1.807, 2.05) is 0 Å². The Hall–Kier alpha value is -2.96. The summed E-state index contributed by atoms with van der Waals surface area (Å²) < 4.78 is 47.3. The number of halogens is 3. The number of benzene rings is 2. The number of hydrogen-bond donors (Lipinski definition) is 1. The molecule has 2 aromatic rings. The molecule has 1 N–H and O–H groups in total. The number of carbonyl (C=O) groups excluding carboxylic acids is 1. The second kappa shape index (κ2) is 8.77. The van der Waals surface area contributed by atoms with Gasteiger partial charge in [0.15, 0.2) is 11.5 Å². The van der Waals surface area contributed by atoms with Crippen LogP contribution in [0.4, 0.5) is 13.2 Å². The van der Waals surface area contributed by atoms with Gasteiger partial charge in [-0.3, -0.25) is 4.79 Å². The molecule has 0 aliphatic heterocycles. The number of hydrogen-bond acceptors (Lipinski definition) is 3. The first-order valence-electron chi connectivity index (χ1n) is 7.31. The van der Waals surface area contributed by atoms with Gasteiger partial charge in [-0.25, -0.2) is 4.39 Å². The van der Waals surface area contributed by atoms with Gasteiger partial charge in [0, 0.05) is 18.2 Å². The molecule has 0 aliphatic rings. The Bertz CT molecular complexity index is 763. The Morgan fingerprint density at radius 2 is 1.96 bits per heavy atom. The number of alkyl halides is 2. The lowest BCUT2D eigenvalue weighted by Gasteiger charge is -2.10. The lowest BCUT2D eigenvalue weighted by atomic mass is 10.2. The first-order valence-corrected chi connectivity index (χ1v) is 7.31. The summed E-state index contributed by atoms with van der Waals surface area (Å²) in [5, 5.41) is 2.56. The zero-order chi connectivity index (χ0) is 18.2. The maximum absolute atomic E-state index is 13.5. The molecular formula is C18H16F3NO3. The highest BCUT2D eigenvalue weighted by Gasteiger charge is 2.10. The van der Waals surface area contributed by atoms with E-state index in [1.165, 1.54) is 43.5 Å². The predicted octanol–water partition coefficient (Wildman–Crippen LogP) is 3.77. The Morgan fingerprint density at radius 1 is 1.20 bits per heavy atom. The maximum Gasteiger partial charge on any atom is 0.387 e. The first kappa shape index (κ1) is 18.4. The summed E-state index contributed by atoms with van der Waals surface area (Å²) in [6, 6.07) is 10.4. The monoisotopic (exact) mass is 351 g/mol. The zero-order valence-electron chi connectivity index (χ0n) is 13.3. The number of methoxy groups -OCH3 is 1. The molecule has 0 heterocycles. The topological polar surface area (TPSA) is 47.6 Å². The summed E-state index contributed by atoms with van der Waals surface area (Å²) in [6.45, 7) is -2.90. The fraction of sp³-hybridized carbons (Fsp3) is 0.167. The van der Waals surface area contributed by atoms with Gasteiger partial charge in [0.1, 0.15) is 5.82 Å². The molecule has 132 valence electrons. The van der Waals surface area contributed by atoms with E-state index in [2.05, 4.69) is 10.1 Å². The average molecular weight is 351 g/mol. The summed E-state index contributed by atoms with van der Waals surface area (Å²) in [5.41, 5.74) is 0.930. The predicted molar refractivity (Wildman–Crippen MR) is 86.9 cm³/mol. The van der Waals surface area contributed by atoms with Gasteiger partial charge < -0.3 is 14.8 Å². The van der Waals surface area contributed by atoms with Crippen molar-refractivity contribution < 1.29 is 27.4 Å². The van der Waals surface area contributed by atoms with Crippen molar-refractivity contribution in [2.45, 2.75) is 13.2 Å². The minimum atomic E-state index is -2.96. The summed E-state index contributed by atoms with van der Waals surface area (Å²) in [7, 11) is 1.32. The van der Waals surface area contributed by atoms with E-state index >= 15 is 0 Å². The molecule has 0 atom stereocenters. The van der Waals surface area contributed by atoms with Gasteiger partial charge >= 0.3 is 6.61 Å². The van der Waals surface area contributed by atoms with Gasteiger partial charge in [-0.15, -0.1) is 0 Å². The van der Waals surface area contributed by atoms with E-state index in [9.17, 15) is 18.0 Å². The minimum Gasteiger partial charge on any atom is -0.493 e. The van der Waals surface area contributed by atoms with E-state index < -0.39 is 18.3 Å². The van der Waals surface area contributed by atoms with Crippen molar-refractivity contribution in [1.82, 2.24) is 5.32 Å². The van der Waals surface area contributed by atoms with Crippen LogP contribution in [0.1, 0.15) is 11.1 Å². The smallest absolute Gasteiger partial charge is 0.387 e. The Kier molecular flexibility index (Phi) is 6.45. The lowest BCUT2D eigenvalue weighted by Crippen LogP contribution is -2.20. The van der Waals surface area contributed by atoms with Gasteiger partial charge in [0.2, 0.25) is 5.91 Å². The number of carbonyl (C=O) groups is 1. The normalized spacial score (nSPS) is 10.9. The molecular weight excluding hydrogens is 335 g/mol. The van der Waals surface area contributed by atoms with Crippen molar-refractivity contribution in [3.63, 3.8) is 0 Å². The van der Waals surface area contributed by atoms with Gasteiger partial charge in [0.05, 0.1) is 7.11 Å².